The average Bonchev–Trinajstić information content (AvgIpc) is 3.03. The molecule has 2 rings (SSSR count). The molecule has 120 valence electrons. The van der Waals surface area contributed by atoms with Gasteiger partial charge < -0.3 is 18.9 Å². The molecule has 0 N–H and O–H groups in total. The number of carbonyl (C=O) groups excluding carboxylic acids is 2. The molecule has 0 spiro atoms. The normalized spacial score (nSPS) is 15.0. The van der Waals surface area contributed by atoms with Gasteiger partial charge in [0, 0.05) is 6.20 Å². The predicted octanol–water partition coefficient (Wildman–Crippen LogP) is 1.34. The molecule has 1 saturated heterocycles. The molecule has 1 aliphatic heterocycles. The Morgan fingerprint density at radius 3 is 2.23 bits per heavy atom. The molecule has 7 nitrogen and oxygen atoms in total. The zero-order valence-electron chi connectivity index (χ0n) is 12.6. The molecule has 0 radical (unpaired) electrons. The Morgan fingerprint density at radius 2 is 1.77 bits per heavy atom. The molecule has 22 heavy (non-hydrogen) atoms. The van der Waals surface area contributed by atoms with Crippen molar-refractivity contribution in [1.82, 2.24) is 4.98 Å². The largest absolute Gasteiger partial charge is 0.465 e. The minimum Gasteiger partial charge on any atom is -0.465 e. The summed E-state index contributed by atoms with van der Waals surface area (Å²) in [6.07, 6.45) is 0.941. The molecule has 2 heterocycles. The highest BCUT2D eigenvalue weighted by molar-refractivity contribution is 6.00. The summed E-state index contributed by atoms with van der Waals surface area (Å²) < 4.78 is 20.6. The van der Waals surface area contributed by atoms with Crippen LogP contribution in [0.1, 0.15) is 37.3 Å². The summed E-state index contributed by atoms with van der Waals surface area (Å²) in [5.74, 6) is -2.43. The molecule has 1 aromatic heterocycles. The maximum atomic E-state index is 12.0. The second-order valence-corrected chi connectivity index (χ2v) is 4.53. The van der Waals surface area contributed by atoms with Crippen LogP contribution in [0.4, 0.5) is 0 Å². The summed E-state index contributed by atoms with van der Waals surface area (Å²) >= 11 is 0. The van der Waals surface area contributed by atoms with E-state index in [1.807, 2.05) is 0 Å². The lowest BCUT2D eigenvalue weighted by molar-refractivity contribution is -0.156. The van der Waals surface area contributed by atoms with E-state index in [1.165, 1.54) is 6.20 Å². The highest BCUT2D eigenvalue weighted by Crippen LogP contribution is 2.24. The van der Waals surface area contributed by atoms with Crippen molar-refractivity contribution in [2.24, 2.45) is 0 Å². The molecule has 0 amide bonds. The first kappa shape index (κ1) is 16.4. The van der Waals surface area contributed by atoms with Crippen LogP contribution in [0.2, 0.25) is 0 Å². The molecule has 0 atom stereocenters. The number of nitrogens with zero attached hydrogens (tertiary/aromatic N) is 1. The van der Waals surface area contributed by atoms with Crippen LogP contribution in [-0.4, -0.2) is 43.4 Å². The van der Waals surface area contributed by atoms with Crippen LogP contribution in [0.3, 0.4) is 0 Å². The van der Waals surface area contributed by atoms with Crippen LogP contribution in [0.5, 0.6) is 0 Å². The van der Waals surface area contributed by atoms with E-state index in [-0.39, 0.29) is 13.2 Å². The standard InChI is InChI=1S/C15H19NO6/c1-3-19-13(17)12(14(18)20-4-2)10-5-6-11(16-9-10)15-21-7-8-22-15/h5-6,9,12,15H,3-4,7-8H2,1-2H3. The van der Waals surface area contributed by atoms with Crippen LogP contribution in [0.15, 0.2) is 18.3 Å². The fourth-order valence-corrected chi connectivity index (χ4v) is 2.08. The first-order valence-electron chi connectivity index (χ1n) is 7.19. The van der Waals surface area contributed by atoms with Gasteiger partial charge in [-0.15, -0.1) is 0 Å². The molecule has 0 saturated carbocycles. The van der Waals surface area contributed by atoms with Crippen molar-refractivity contribution in [3.8, 4) is 0 Å². The zero-order chi connectivity index (χ0) is 15.9. The molecular formula is C15H19NO6. The van der Waals surface area contributed by atoms with Gasteiger partial charge >= 0.3 is 11.9 Å². The van der Waals surface area contributed by atoms with Gasteiger partial charge in [-0.25, -0.2) is 0 Å². The third-order valence-corrected chi connectivity index (χ3v) is 3.05. The number of aromatic nitrogens is 1. The van der Waals surface area contributed by atoms with Crippen molar-refractivity contribution in [3.63, 3.8) is 0 Å². The molecule has 0 bridgehead atoms. The van der Waals surface area contributed by atoms with Crippen molar-refractivity contribution in [3.05, 3.63) is 29.6 Å². The first-order chi connectivity index (χ1) is 10.7. The number of hydrogen-bond acceptors (Lipinski definition) is 7. The SMILES string of the molecule is CCOC(=O)C(C(=O)OCC)c1ccc(C2OCCO2)nc1. The van der Waals surface area contributed by atoms with Gasteiger partial charge in [-0.2, -0.15) is 0 Å². The lowest BCUT2D eigenvalue weighted by Gasteiger charge is -2.15. The van der Waals surface area contributed by atoms with E-state index in [0.717, 1.165) is 0 Å². The Kier molecular flexibility index (Phi) is 5.85. The monoisotopic (exact) mass is 309 g/mol. The third-order valence-electron chi connectivity index (χ3n) is 3.05. The number of pyridine rings is 1. The van der Waals surface area contributed by atoms with Crippen LogP contribution in [0.25, 0.3) is 0 Å². The van der Waals surface area contributed by atoms with Gasteiger partial charge in [0.05, 0.1) is 32.1 Å². The summed E-state index contributed by atoms with van der Waals surface area (Å²) in [5, 5.41) is 0. The first-order valence-corrected chi connectivity index (χ1v) is 7.19. The maximum absolute atomic E-state index is 12.0. The van der Waals surface area contributed by atoms with Crippen molar-refractivity contribution >= 4 is 11.9 Å². The highest BCUT2D eigenvalue weighted by atomic mass is 16.7. The average molecular weight is 309 g/mol. The van der Waals surface area contributed by atoms with E-state index < -0.39 is 24.1 Å². The molecule has 1 aliphatic rings. The molecule has 0 aromatic carbocycles. The van der Waals surface area contributed by atoms with E-state index >= 15 is 0 Å². The van der Waals surface area contributed by atoms with Gasteiger partial charge in [0.25, 0.3) is 0 Å². The lowest BCUT2D eigenvalue weighted by Crippen LogP contribution is -2.26. The molecular weight excluding hydrogens is 290 g/mol. The summed E-state index contributed by atoms with van der Waals surface area (Å²) in [7, 11) is 0. The minimum atomic E-state index is -1.13. The Balaban J connectivity index is 2.19. The quantitative estimate of drug-likeness (QED) is 0.579. The molecule has 7 heteroatoms. The van der Waals surface area contributed by atoms with Crippen molar-refractivity contribution < 1.29 is 28.5 Å². The Labute approximate surface area is 128 Å². The third kappa shape index (κ3) is 3.80. The number of hydrogen-bond donors (Lipinski definition) is 0. The van der Waals surface area contributed by atoms with E-state index in [9.17, 15) is 9.59 Å². The fraction of sp³-hybridized carbons (Fsp3) is 0.533. The molecule has 1 fully saturated rings. The van der Waals surface area contributed by atoms with E-state index in [0.29, 0.717) is 24.5 Å². The predicted molar refractivity (Wildman–Crippen MR) is 74.9 cm³/mol. The topological polar surface area (TPSA) is 84.0 Å². The lowest BCUT2D eigenvalue weighted by atomic mass is 10.0. The van der Waals surface area contributed by atoms with Crippen molar-refractivity contribution in [1.29, 1.82) is 0 Å². The van der Waals surface area contributed by atoms with Gasteiger partial charge in [0.15, 0.2) is 5.92 Å². The van der Waals surface area contributed by atoms with E-state index in [4.69, 9.17) is 18.9 Å². The Hall–Kier alpha value is -1.99. The summed E-state index contributed by atoms with van der Waals surface area (Å²) in [5.41, 5.74) is 1.01. The van der Waals surface area contributed by atoms with Crippen LogP contribution in [0, 0.1) is 0 Å². The summed E-state index contributed by atoms with van der Waals surface area (Å²) in [6, 6.07) is 3.29. The molecule has 0 aliphatic carbocycles. The van der Waals surface area contributed by atoms with Crippen LogP contribution >= 0.6 is 0 Å². The van der Waals surface area contributed by atoms with Gasteiger partial charge in [-0.3, -0.25) is 14.6 Å². The minimum absolute atomic E-state index is 0.185. The smallest absolute Gasteiger partial charge is 0.324 e. The van der Waals surface area contributed by atoms with Gasteiger partial charge in [-0.1, -0.05) is 6.07 Å². The van der Waals surface area contributed by atoms with Crippen LogP contribution < -0.4 is 0 Å². The second kappa shape index (κ2) is 7.86. The zero-order valence-corrected chi connectivity index (χ0v) is 12.6. The van der Waals surface area contributed by atoms with Gasteiger partial charge in [0.1, 0.15) is 0 Å². The maximum Gasteiger partial charge on any atom is 0.324 e. The number of ether oxygens (including phenoxy) is 4. The van der Waals surface area contributed by atoms with E-state index in [1.54, 1.807) is 26.0 Å². The van der Waals surface area contributed by atoms with Crippen LogP contribution in [-0.2, 0) is 28.5 Å². The highest BCUT2D eigenvalue weighted by Gasteiger charge is 2.32. The molecule has 1 aromatic rings. The van der Waals surface area contributed by atoms with E-state index in [2.05, 4.69) is 4.98 Å². The number of rotatable bonds is 6. The summed E-state index contributed by atoms with van der Waals surface area (Å²) in [4.78, 5) is 28.2. The Bertz CT molecular complexity index is 491. The number of esters is 2. The molecule has 0 unspecified atom stereocenters. The second-order valence-electron chi connectivity index (χ2n) is 4.53. The fourth-order valence-electron chi connectivity index (χ4n) is 2.08. The van der Waals surface area contributed by atoms with Crippen molar-refractivity contribution in [2.45, 2.75) is 26.1 Å². The summed E-state index contributed by atoms with van der Waals surface area (Å²) in [6.45, 7) is 4.76. The van der Waals surface area contributed by atoms with Gasteiger partial charge in [0.2, 0.25) is 6.29 Å². The van der Waals surface area contributed by atoms with Gasteiger partial charge in [-0.05, 0) is 25.5 Å². The number of carbonyl (C=O) groups is 2. The van der Waals surface area contributed by atoms with Crippen molar-refractivity contribution in [2.75, 3.05) is 26.4 Å². The Morgan fingerprint density at radius 1 is 1.18 bits per heavy atom.